The second-order valence-corrected chi connectivity index (χ2v) is 7.01. The summed E-state index contributed by atoms with van der Waals surface area (Å²) in [4.78, 5) is 25.2. The van der Waals surface area contributed by atoms with Crippen molar-refractivity contribution < 1.29 is 32.8 Å². The second-order valence-electron chi connectivity index (χ2n) is 5.62. The van der Waals surface area contributed by atoms with Crippen molar-refractivity contribution in [2.45, 2.75) is 11.8 Å². The third-order valence-electron chi connectivity index (χ3n) is 3.59. The van der Waals surface area contributed by atoms with Crippen LogP contribution in [0.4, 0.5) is 17.3 Å². The zero-order valence-electron chi connectivity index (χ0n) is 14.5. The maximum atomic E-state index is 11.7. The minimum Gasteiger partial charge on any atom is -0.505 e. The molecular formula is C15H12N6O7S. The lowest BCUT2D eigenvalue weighted by Crippen LogP contribution is -2.07. The van der Waals surface area contributed by atoms with Gasteiger partial charge in [-0.15, -0.1) is 15.3 Å². The molecule has 0 aliphatic heterocycles. The third-order valence-corrected chi connectivity index (χ3v) is 4.48. The Morgan fingerprint density at radius 2 is 1.97 bits per heavy atom. The highest BCUT2D eigenvalue weighted by Gasteiger charge is 2.21. The van der Waals surface area contributed by atoms with Crippen LogP contribution in [0.25, 0.3) is 10.8 Å². The van der Waals surface area contributed by atoms with E-state index < -0.39 is 38.5 Å². The second kappa shape index (κ2) is 7.25. The molecule has 0 saturated heterocycles. The number of carboxylic acid groups (broad SMARTS) is 1. The highest BCUT2D eigenvalue weighted by Crippen LogP contribution is 2.43. The van der Waals surface area contributed by atoms with E-state index >= 15 is 0 Å². The van der Waals surface area contributed by atoms with Gasteiger partial charge in [-0.3, -0.25) is 14.4 Å². The van der Waals surface area contributed by atoms with Crippen molar-refractivity contribution in [2.24, 2.45) is 10.2 Å². The van der Waals surface area contributed by atoms with Crippen molar-refractivity contribution in [3.63, 3.8) is 0 Å². The van der Waals surface area contributed by atoms with Crippen molar-refractivity contribution in [1.29, 1.82) is 0 Å². The average molecular weight is 420 g/mol. The van der Waals surface area contributed by atoms with Crippen LogP contribution in [-0.2, 0) is 14.9 Å². The van der Waals surface area contributed by atoms with E-state index in [0.717, 1.165) is 6.07 Å². The van der Waals surface area contributed by atoms with E-state index in [1.54, 1.807) is 0 Å². The number of aromatic amines is 1. The maximum Gasteiger partial charge on any atom is 0.373 e. The number of azo groups is 1. The fourth-order valence-corrected chi connectivity index (χ4v) is 3.20. The zero-order valence-corrected chi connectivity index (χ0v) is 15.3. The fraction of sp³-hybridized carbons (Fsp3) is 0.0667. The number of rotatable bonds is 5. The number of hydrogen-bond donors (Lipinski definition) is 5. The van der Waals surface area contributed by atoms with Crippen molar-refractivity contribution in [3.8, 4) is 5.75 Å². The Kier molecular flexibility index (Phi) is 4.96. The Hall–Kier alpha value is -3.91. The van der Waals surface area contributed by atoms with Gasteiger partial charge in [0, 0.05) is 17.7 Å². The first-order chi connectivity index (χ1) is 13.6. The number of carboxylic acids is 1. The number of fused-ring (bicyclic) bond motifs is 1. The molecule has 150 valence electrons. The lowest BCUT2D eigenvalue weighted by atomic mass is 10.1. The minimum atomic E-state index is -4.73. The van der Waals surface area contributed by atoms with E-state index in [4.69, 9.17) is 5.11 Å². The van der Waals surface area contributed by atoms with E-state index in [0.29, 0.717) is 0 Å². The summed E-state index contributed by atoms with van der Waals surface area (Å²) in [6, 6.07) is 5.01. The number of aromatic nitrogens is 3. The van der Waals surface area contributed by atoms with Gasteiger partial charge in [0.1, 0.15) is 10.6 Å². The number of H-pyrrole nitrogens is 1. The monoisotopic (exact) mass is 420 g/mol. The standard InChI is InChI=1S/C15H12N6O7S/c1-6(22)16-8-5-9(18-20-15-17-13(14(24)25)19-21-15)12(23)11-7(8)3-2-4-10(11)29(26,27)28/h2-5,23H,1H3,(H,16,22)(H,24,25)(H,17,19,21)(H,26,27,28). The molecule has 29 heavy (non-hydrogen) atoms. The van der Waals surface area contributed by atoms with Gasteiger partial charge in [-0.05, 0) is 12.1 Å². The number of aromatic hydroxyl groups is 1. The predicted molar refractivity (Wildman–Crippen MR) is 97.2 cm³/mol. The highest BCUT2D eigenvalue weighted by atomic mass is 32.2. The number of hydrogen-bond acceptors (Lipinski definition) is 9. The van der Waals surface area contributed by atoms with Crippen LogP contribution in [0.5, 0.6) is 5.75 Å². The quantitative estimate of drug-likeness (QED) is 0.232. The SMILES string of the molecule is CC(=O)Nc1cc(N=Nc2n[nH]c(C(=O)O)n2)c(O)c2c(S(=O)(=O)O)cccc12. The molecule has 0 bridgehead atoms. The first-order valence-electron chi connectivity index (χ1n) is 7.69. The Balaban J connectivity index is 2.23. The van der Waals surface area contributed by atoms with Crippen LogP contribution in [0.3, 0.4) is 0 Å². The van der Waals surface area contributed by atoms with Gasteiger partial charge >= 0.3 is 5.97 Å². The van der Waals surface area contributed by atoms with Crippen LogP contribution in [0.2, 0.25) is 0 Å². The number of phenolic OH excluding ortho intramolecular Hbond substituents is 1. The molecule has 3 rings (SSSR count). The normalized spacial score (nSPS) is 11.8. The van der Waals surface area contributed by atoms with E-state index in [-0.39, 0.29) is 28.1 Å². The molecule has 1 heterocycles. The molecule has 0 radical (unpaired) electrons. The molecule has 1 amide bonds. The molecule has 0 spiro atoms. The van der Waals surface area contributed by atoms with E-state index in [9.17, 15) is 27.7 Å². The highest BCUT2D eigenvalue weighted by molar-refractivity contribution is 7.86. The largest absolute Gasteiger partial charge is 0.505 e. The molecule has 13 nitrogen and oxygen atoms in total. The van der Waals surface area contributed by atoms with Crippen LogP contribution < -0.4 is 5.32 Å². The number of carbonyl (C=O) groups excluding carboxylic acids is 1. The molecular weight excluding hydrogens is 408 g/mol. The first-order valence-corrected chi connectivity index (χ1v) is 9.13. The molecule has 14 heteroatoms. The molecule has 1 aromatic heterocycles. The lowest BCUT2D eigenvalue weighted by molar-refractivity contribution is -0.114. The molecule has 0 atom stereocenters. The number of aromatic carboxylic acids is 1. The number of anilines is 1. The molecule has 3 aromatic rings. The Bertz CT molecular complexity index is 1280. The van der Waals surface area contributed by atoms with Crippen molar-refractivity contribution in [1.82, 2.24) is 15.2 Å². The Morgan fingerprint density at radius 1 is 1.24 bits per heavy atom. The zero-order chi connectivity index (χ0) is 21.3. The predicted octanol–water partition coefficient (Wildman–Crippen LogP) is 1.98. The van der Waals surface area contributed by atoms with Gasteiger partial charge in [0.25, 0.3) is 16.1 Å². The van der Waals surface area contributed by atoms with Crippen LogP contribution in [0, 0.1) is 0 Å². The summed E-state index contributed by atoms with van der Waals surface area (Å²) in [6.07, 6.45) is 0. The van der Waals surface area contributed by atoms with Crippen molar-refractivity contribution in [3.05, 3.63) is 30.1 Å². The Labute approximate surface area is 161 Å². The average Bonchev–Trinajstić information content (AvgIpc) is 3.10. The third kappa shape index (κ3) is 4.02. The Morgan fingerprint density at radius 3 is 2.55 bits per heavy atom. The summed E-state index contributed by atoms with van der Waals surface area (Å²) in [7, 11) is -4.73. The summed E-state index contributed by atoms with van der Waals surface area (Å²) < 4.78 is 32.9. The molecule has 0 aliphatic carbocycles. The molecule has 0 fully saturated rings. The fourth-order valence-electron chi connectivity index (χ4n) is 2.49. The number of nitrogens with zero attached hydrogens (tertiary/aromatic N) is 4. The van der Waals surface area contributed by atoms with Gasteiger partial charge in [-0.25, -0.2) is 4.79 Å². The topological polar surface area (TPSA) is 207 Å². The number of amides is 1. The smallest absolute Gasteiger partial charge is 0.373 e. The van der Waals surface area contributed by atoms with Crippen molar-refractivity contribution >= 4 is 50.1 Å². The van der Waals surface area contributed by atoms with Gasteiger partial charge in [-0.1, -0.05) is 12.1 Å². The maximum absolute atomic E-state index is 11.7. The van der Waals surface area contributed by atoms with E-state index in [2.05, 4.69) is 30.7 Å². The van der Waals surface area contributed by atoms with Gasteiger partial charge in [-0.2, -0.15) is 13.4 Å². The van der Waals surface area contributed by atoms with Crippen LogP contribution in [0.15, 0.2) is 39.4 Å². The molecule has 0 aliphatic rings. The van der Waals surface area contributed by atoms with Gasteiger partial charge in [0.05, 0.1) is 5.69 Å². The summed E-state index contributed by atoms with van der Waals surface area (Å²) in [6.45, 7) is 1.22. The number of carbonyl (C=O) groups is 2. The summed E-state index contributed by atoms with van der Waals surface area (Å²) >= 11 is 0. The lowest BCUT2D eigenvalue weighted by Gasteiger charge is -2.13. The van der Waals surface area contributed by atoms with Crippen LogP contribution in [0.1, 0.15) is 17.5 Å². The summed E-state index contributed by atoms with van der Waals surface area (Å²) in [5.74, 6) is -3.38. The summed E-state index contributed by atoms with van der Waals surface area (Å²) in [5, 5.41) is 34.5. The number of benzene rings is 2. The number of nitrogens with one attached hydrogen (secondary N) is 2. The van der Waals surface area contributed by atoms with Gasteiger partial charge in [0.2, 0.25) is 11.7 Å². The minimum absolute atomic E-state index is 0.0889. The molecule has 0 saturated carbocycles. The van der Waals surface area contributed by atoms with Crippen LogP contribution in [-0.4, -0.2) is 50.2 Å². The summed E-state index contributed by atoms with van der Waals surface area (Å²) in [5.41, 5.74) is -0.204. The van der Waals surface area contributed by atoms with E-state index in [1.165, 1.54) is 25.1 Å². The van der Waals surface area contributed by atoms with E-state index in [1.807, 2.05) is 0 Å². The first kappa shape index (κ1) is 19.8. The van der Waals surface area contributed by atoms with Gasteiger partial charge in [0.15, 0.2) is 5.75 Å². The molecule has 0 unspecified atom stereocenters. The van der Waals surface area contributed by atoms with Crippen molar-refractivity contribution in [2.75, 3.05) is 5.32 Å². The van der Waals surface area contributed by atoms with Gasteiger partial charge < -0.3 is 15.5 Å². The van der Waals surface area contributed by atoms with Crippen LogP contribution >= 0.6 is 0 Å². The molecule has 2 aromatic carbocycles. The molecule has 5 N–H and O–H groups in total. The number of phenols is 1.